The van der Waals surface area contributed by atoms with E-state index in [4.69, 9.17) is 4.74 Å². The molecular formula is C23H25N3O4. The minimum absolute atomic E-state index is 0.0710. The lowest BCUT2D eigenvalue weighted by molar-refractivity contribution is -0.384. The van der Waals surface area contributed by atoms with E-state index in [2.05, 4.69) is 16.0 Å². The van der Waals surface area contributed by atoms with Crippen LogP contribution in [0.2, 0.25) is 0 Å². The molecule has 2 aliphatic rings. The predicted octanol–water partition coefficient (Wildman–Crippen LogP) is 3.19. The van der Waals surface area contributed by atoms with Gasteiger partial charge in [0.2, 0.25) is 0 Å². The first kappa shape index (κ1) is 19.1. The first-order valence-corrected chi connectivity index (χ1v) is 10.2. The van der Waals surface area contributed by atoms with E-state index < -0.39 is 11.0 Å². The minimum atomic E-state index is -0.987. The molecule has 0 radical (unpaired) electrons. The normalized spacial score (nSPS) is 26.2. The standard InChI is InChI=1S/C23H25N3O4/c1-25-9-8-22(15-4-3-5-17(10-15)30-2)13-21-19(12-23(22,27)14-25)18-11-16(26(28)29)6-7-20(18)24-21/h3-7,10-11,24,27H,8-9,12-14H2,1-2H3. The molecule has 0 spiro atoms. The third-order valence-electron chi connectivity index (χ3n) is 7.10. The third-order valence-corrected chi connectivity index (χ3v) is 7.10. The third kappa shape index (κ3) is 2.66. The van der Waals surface area contributed by atoms with Gasteiger partial charge in [-0.3, -0.25) is 10.1 Å². The zero-order valence-corrected chi connectivity index (χ0v) is 17.1. The van der Waals surface area contributed by atoms with Crippen molar-refractivity contribution in [3.63, 3.8) is 0 Å². The van der Waals surface area contributed by atoms with Crippen LogP contribution in [0.5, 0.6) is 5.75 Å². The fraction of sp³-hybridized carbons (Fsp3) is 0.391. The molecule has 1 fully saturated rings. The van der Waals surface area contributed by atoms with Gasteiger partial charge in [-0.05, 0) is 49.3 Å². The maximum atomic E-state index is 12.1. The van der Waals surface area contributed by atoms with Crippen LogP contribution in [-0.2, 0) is 18.3 Å². The summed E-state index contributed by atoms with van der Waals surface area (Å²) in [6.45, 7) is 1.44. The average Bonchev–Trinajstić information content (AvgIpc) is 3.07. The predicted molar refractivity (Wildman–Crippen MR) is 114 cm³/mol. The summed E-state index contributed by atoms with van der Waals surface area (Å²) < 4.78 is 5.47. The maximum Gasteiger partial charge on any atom is 0.270 e. The number of rotatable bonds is 3. The number of aromatic amines is 1. The highest BCUT2D eigenvalue weighted by Crippen LogP contribution is 2.51. The van der Waals surface area contributed by atoms with E-state index in [9.17, 15) is 15.2 Å². The van der Waals surface area contributed by atoms with Gasteiger partial charge < -0.3 is 19.7 Å². The van der Waals surface area contributed by atoms with Gasteiger partial charge >= 0.3 is 0 Å². The largest absolute Gasteiger partial charge is 0.497 e. The molecule has 30 heavy (non-hydrogen) atoms. The zero-order chi connectivity index (χ0) is 21.1. The van der Waals surface area contributed by atoms with Gasteiger partial charge in [0, 0.05) is 53.5 Å². The summed E-state index contributed by atoms with van der Waals surface area (Å²) in [5.41, 5.74) is 2.64. The molecular weight excluding hydrogens is 382 g/mol. The van der Waals surface area contributed by atoms with Gasteiger partial charge in [-0.2, -0.15) is 0 Å². The number of benzene rings is 2. The van der Waals surface area contributed by atoms with Crippen LogP contribution in [0.1, 0.15) is 23.2 Å². The number of fused-ring (bicyclic) bond motifs is 4. The van der Waals surface area contributed by atoms with Gasteiger partial charge in [-0.15, -0.1) is 0 Å². The van der Waals surface area contributed by atoms with Crippen LogP contribution in [0, 0.1) is 10.1 Å². The van der Waals surface area contributed by atoms with Crippen molar-refractivity contribution in [2.24, 2.45) is 0 Å². The number of likely N-dealkylation sites (N-methyl/N-ethyl adjacent to an activating group) is 1. The number of hydrogen-bond donors (Lipinski definition) is 2. The lowest BCUT2D eigenvalue weighted by Crippen LogP contribution is -2.65. The number of piperidine rings is 1. The number of nitro benzene ring substituents is 1. The Bertz CT molecular complexity index is 1160. The van der Waals surface area contributed by atoms with Crippen LogP contribution >= 0.6 is 0 Å². The van der Waals surface area contributed by atoms with Crippen LogP contribution in [0.15, 0.2) is 42.5 Å². The summed E-state index contributed by atoms with van der Waals surface area (Å²) in [5.74, 6) is 0.779. The van der Waals surface area contributed by atoms with E-state index in [-0.39, 0.29) is 10.6 Å². The molecule has 7 nitrogen and oxygen atoms in total. The first-order valence-electron chi connectivity index (χ1n) is 10.2. The Morgan fingerprint density at radius 1 is 1.23 bits per heavy atom. The van der Waals surface area contributed by atoms with Crippen LogP contribution in [-0.4, -0.2) is 52.8 Å². The highest BCUT2D eigenvalue weighted by molar-refractivity contribution is 5.87. The van der Waals surface area contributed by atoms with Crippen LogP contribution < -0.4 is 4.74 Å². The highest BCUT2D eigenvalue weighted by atomic mass is 16.6. The number of methoxy groups -OCH3 is 1. The Morgan fingerprint density at radius 3 is 2.83 bits per heavy atom. The fourth-order valence-electron chi connectivity index (χ4n) is 5.56. The van der Waals surface area contributed by atoms with Crippen molar-refractivity contribution in [2.75, 3.05) is 27.2 Å². The van der Waals surface area contributed by atoms with Crippen LogP contribution in [0.4, 0.5) is 5.69 Å². The summed E-state index contributed by atoms with van der Waals surface area (Å²) >= 11 is 0. The van der Waals surface area contributed by atoms with Gasteiger partial charge in [0.05, 0.1) is 17.6 Å². The first-order chi connectivity index (χ1) is 14.3. The molecule has 5 rings (SSSR count). The van der Waals surface area contributed by atoms with Crippen molar-refractivity contribution in [3.8, 4) is 5.75 Å². The second kappa shape index (κ2) is 6.55. The lowest BCUT2D eigenvalue weighted by atomic mass is 9.56. The molecule has 2 heterocycles. The van der Waals surface area contributed by atoms with Crippen molar-refractivity contribution in [1.29, 1.82) is 0 Å². The second-order valence-corrected chi connectivity index (χ2v) is 8.76. The quantitative estimate of drug-likeness (QED) is 0.514. The number of nitrogens with zero attached hydrogens (tertiary/aromatic N) is 2. The Morgan fingerprint density at radius 2 is 2.07 bits per heavy atom. The van der Waals surface area contributed by atoms with E-state index >= 15 is 0 Å². The van der Waals surface area contributed by atoms with Crippen LogP contribution in [0.25, 0.3) is 10.9 Å². The van der Waals surface area contributed by atoms with E-state index in [0.29, 0.717) is 19.4 Å². The molecule has 0 bridgehead atoms. The smallest absolute Gasteiger partial charge is 0.270 e. The summed E-state index contributed by atoms with van der Waals surface area (Å²) in [5, 5.41) is 24.2. The monoisotopic (exact) mass is 407 g/mol. The number of likely N-dealkylation sites (tertiary alicyclic amines) is 1. The molecule has 2 atom stereocenters. The van der Waals surface area contributed by atoms with Gasteiger partial charge in [-0.25, -0.2) is 0 Å². The van der Waals surface area contributed by atoms with Crippen molar-refractivity contribution in [3.05, 3.63) is 69.4 Å². The van der Waals surface area contributed by atoms with E-state index in [1.807, 2.05) is 25.2 Å². The summed E-state index contributed by atoms with van der Waals surface area (Å²) in [7, 11) is 3.68. The van der Waals surface area contributed by atoms with Crippen LogP contribution in [0.3, 0.4) is 0 Å². The Balaban J connectivity index is 1.70. The summed E-state index contributed by atoms with van der Waals surface area (Å²) in [6.07, 6.45) is 1.93. The Hall–Kier alpha value is -2.90. The highest BCUT2D eigenvalue weighted by Gasteiger charge is 2.57. The number of β-amino-alcohol motifs (C(OH)–C–C–N with tert-alkyl or cyclic N) is 1. The van der Waals surface area contributed by atoms with Crippen molar-refractivity contribution in [1.82, 2.24) is 9.88 Å². The topological polar surface area (TPSA) is 91.6 Å². The number of hydrogen-bond acceptors (Lipinski definition) is 5. The molecule has 156 valence electrons. The van der Waals surface area contributed by atoms with Crippen molar-refractivity contribution in [2.45, 2.75) is 30.3 Å². The molecule has 2 aromatic carbocycles. The number of nitro groups is 1. The average molecular weight is 407 g/mol. The molecule has 2 unspecified atom stereocenters. The molecule has 1 aliphatic carbocycles. The molecule has 1 aromatic heterocycles. The molecule has 0 amide bonds. The molecule has 3 aromatic rings. The van der Waals surface area contributed by atoms with Gasteiger partial charge in [0.1, 0.15) is 5.75 Å². The molecule has 1 saturated heterocycles. The minimum Gasteiger partial charge on any atom is -0.497 e. The molecule has 0 saturated carbocycles. The number of ether oxygens (including phenoxy) is 1. The Labute approximate surface area is 174 Å². The molecule has 7 heteroatoms. The number of aromatic nitrogens is 1. The molecule has 2 N–H and O–H groups in total. The van der Waals surface area contributed by atoms with Gasteiger partial charge in [0.15, 0.2) is 0 Å². The number of non-ortho nitro benzene ring substituents is 1. The van der Waals surface area contributed by atoms with Gasteiger partial charge in [0.25, 0.3) is 5.69 Å². The lowest BCUT2D eigenvalue weighted by Gasteiger charge is -2.56. The van der Waals surface area contributed by atoms with Crippen molar-refractivity contribution < 1.29 is 14.8 Å². The van der Waals surface area contributed by atoms with Crippen molar-refractivity contribution >= 4 is 16.6 Å². The second-order valence-electron chi connectivity index (χ2n) is 8.76. The number of H-pyrrole nitrogens is 1. The fourth-order valence-corrected chi connectivity index (χ4v) is 5.56. The Kier molecular flexibility index (Phi) is 4.17. The zero-order valence-electron chi connectivity index (χ0n) is 17.1. The SMILES string of the molecule is COc1cccc(C23CCN(C)CC2(O)Cc2c([nH]c4ccc([N+](=O)[O-])cc24)C3)c1. The van der Waals surface area contributed by atoms with E-state index in [1.54, 1.807) is 19.2 Å². The summed E-state index contributed by atoms with van der Waals surface area (Å²) in [4.78, 5) is 16.6. The molecule has 1 aliphatic heterocycles. The van der Waals surface area contributed by atoms with E-state index in [1.165, 1.54) is 6.07 Å². The summed E-state index contributed by atoms with van der Waals surface area (Å²) in [6, 6.07) is 12.9. The van der Waals surface area contributed by atoms with E-state index in [0.717, 1.165) is 46.4 Å². The number of nitrogens with one attached hydrogen (secondary N) is 1. The van der Waals surface area contributed by atoms with Gasteiger partial charge in [-0.1, -0.05) is 12.1 Å². The maximum absolute atomic E-state index is 12.1. The number of aliphatic hydroxyl groups is 1.